The number of rotatable bonds is 4. The second-order valence-corrected chi connectivity index (χ2v) is 5.46. The Hall–Kier alpha value is -1.02. The molecule has 0 saturated carbocycles. The normalized spacial score (nSPS) is 19.5. The predicted molar refractivity (Wildman–Crippen MR) is 76.7 cm³/mol. The van der Waals surface area contributed by atoms with Gasteiger partial charge in [0.05, 0.1) is 7.11 Å². The largest absolute Gasteiger partial charge is 0.496 e. The second-order valence-electron chi connectivity index (χ2n) is 5.46. The lowest BCUT2D eigenvalue weighted by Gasteiger charge is -2.23. The molecule has 2 nitrogen and oxygen atoms in total. The van der Waals surface area contributed by atoms with E-state index < -0.39 is 0 Å². The van der Waals surface area contributed by atoms with E-state index in [0.717, 1.165) is 25.3 Å². The van der Waals surface area contributed by atoms with Crippen molar-refractivity contribution in [3.8, 4) is 5.75 Å². The molecular formula is C16H25NO. The first-order valence-corrected chi connectivity index (χ1v) is 7.09. The Kier molecular flexibility index (Phi) is 4.28. The summed E-state index contributed by atoms with van der Waals surface area (Å²) in [6.45, 7) is 8.95. The molecule has 2 heteroatoms. The highest BCUT2D eigenvalue weighted by Gasteiger charge is 2.25. The summed E-state index contributed by atoms with van der Waals surface area (Å²) in [5, 5.41) is 3.47. The Morgan fingerprint density at radius 1 is 1.39 bits per heavy atom. The molecule has 1 atom stereocenters. The molecule has 0 radical (unpaired) electrons. The van der Waals surface area contributed by atoms with Crippen LogP contribution in [0.3, 0.4) is 0 Å². The van der Waals surface area contributed by atoms with Crippen LogP contribution >= 0.6 is 0 Å². The monoisotopic (exact) mass is 247 g/mol. The number of nitrogens with one attached hydrogen (secondary N) is 1. The number of benzene rings is 1. The third-order valence-corrected chi connectivity index (χ3v) is 3.99. The number of aryl methyl sites for hydroxylation is 1. The van der Waals surface area contributed by atoms with Crippen molar-refractivity contribution in [1.29, 1.82) is 0 Å². The lowest BCUT2D eigenvalue weighted by atomic mass is 9.85. The molecule has 2 rings (SSSR count). The van der Waals surface area contributed by atoms with E-state index in [-0.39, 0.29) is 0 Å². The van der Waals surface area contributed by atoms with Crippen LogP contribution in [0.5, 0.6) is 5.75 Å². The number of hydrogen-bond acceptors (Lipinski definition) is 2. The predicted octanol–water partition coefficient (Wildman–Crippen LogP) is 3.46. The number of ether oxygens (including phenoxy) is 1. The van der Waals surface area contributed by atoms with E-state index in [1.165, 1.54) is 23.1 Å². The Morgan fingerprint density at radius 3 is 2.67 bits per heavy atom. The molecule has 1 heterocycles. The maximum absolute atomic E-state index is 5.74. The summed E-state index contributed by atoms with van der Waals surface area (Å²) in [6, 6.07) is 4.54. The molecule has 0 amide bonds. The van der Waals surface area contributed by atoms with Gasteiger partial charge in [-0.1, -0.05) is 32.9 Å². The van der Waals surface area contributed by atoms with Crippen molar-refractivity contribution in [2.75, 3.05) is 20.2 Å². The average Bonchev–Trinajstić information content (AvgIpc) is 2.90. The van der Waals surface area contributed by atoms with Crippen molar-refractivity contribution in [3.63, 3.8) is 0 Å². The zero-order chi connectivity index (χ0) is 13.1. The summed E-state index contributed by atoms with van der Waals surface area (Å²) in [4.78, 5) is 0. The Labute approximate surface area is 111 Å². The molecule has 1 aromatic carbocycles. The standard InChI is InChI=1S/C16H25NO/c1-5-12-6-7-14(11(2)3)15(16(12)18-4)13-8-9-17-10-13/h6-7,11,13,17H,5,8-10H2,1-4H3. The average molecular weight is 247 g/mol. The lowest BCUT2D eigenvalue weighted by Crippen LogP contribution is -2.12. The lowest BCUT2D eigenvalue weighted by molar-refractivity contribution is 0.400. The molecule has 0 aliphatic carbocycles. The molecule has 0 spiro atoms. The van der Waals surface area contributed by atoms with Crippen LogP contribution in [-0.2, 0) is 6.42 Å². The molecule has 1 fully saturated rings. The minimum absolute atomic E-state index is 0.556. The zero-order valence-corrected chi connectivity index (χ0v) is 12.0. The fraction of sp³-hybridized carbons (Fsp3) is 0.625. The molecule has 0 aromatic heterocycles. The van der Waals surface area contributed by atoms with Crippen LogP contribution in [0.1, 0.15) is 55.7 Å². The van der Waals surface area contributed by atoms with Crippen LogP contribution in [0.25, 0.3) is 0 Å². The molecule has 1 aromatic rings. The van der Waals surface area contributed by atoms with Crippen molar-refractivity contribution >= 4 is 0 Å². The summed E-state index contributed by atoms with van der Waals surface area (Å²) < 4.78 is 5.74. The summed E-state index contributed by atoms with van der Waals surface area (Å²) in [5.41, 5.74) is 4.25. The van der Waals surface area contributed by atoms with Crippen molar-refractivity contribution in [2.24, 2.45) is 0 Å². The summed E-state index contributed by atoms with van der Waals surface area (Å²) in [6.07, 6.45) is 2.26. The van der Waals surface area contributed by atoms with Crippen LogP contribution in [0.15, 0.2) is 12.1 Å². The van der Waals surface area contributed by atoms with Gasteiger partial charge in [0.15, 0.2) is 0 Å². The van der Waals surface area contributed by atoms with Crippen LogP contribution in [-0.4, -0.2) is 20.2 Å². The molecule has 100 valence electrons. The first-order chi connectivity index (χ1) is 8.69. The van der Waals surface area contributed by atoms with Crippen molar-refractivity contribution in [2.45, 2.75) is 45.4 Å². The first kappa shape index (κ1) is 13.4. The van der Waals surface area contributed by atoms with Gasteiger partial charge in [-0.3, -0.25) is 0 Å². The molecule has 1 N–H and O–H groups in total. The van der Waals surface area contributed by atoms with Crippen molar-refractivity contribution < 1.29 is 4.74 Å². The van der Waals surface area contributed by atoms with E-state index >= 15 is 0 Å². The van der Waals surface area contributed by atoms with E-state index in [0.29, 0.717) is 11.8 Å². The molecule has 0 bridgehead atoms. The highest BCUT2D eigenvalue weighted by Crippen LogP contribution is 2.39. The van der Waals surface area contributed by atoms with E-state index in [9.17, 15) is 0 Å². The Balaban J connectivity index is 2.54. The minimum atomic E-state index is 0.556. The molecule has 1 aliphatic rings. The van der Waals surface area contributed by atoms with Gasteiger partial charge in [0, 0.05) is 18.0 Å². The van der Waals surface area contributed by atoms with Gasteiger partial charge in [0.25, 0.3) is 0 Å². The Morgan fingerprint density at radius 2 is 2.17 bits per heavy atom. The Bertz CT molecular complexity index is 406. The molecular weight excluding hydrogens is 222 g/mol. The first-order valence-electron chi connectivity index (χ1n) is 7.09. The van der Waals surface area contributed by atoms with E-state index in [4.69, 9.17) is 4.74 Å². The fourth-order valence-electron chi connectivity index (χ4n) is 3.00. The van der Waals surface area contributed by atoms with Gasteiger partial charge < -0.3 is 10.1 Å². The summed E-state index contributed by atoms with van der Waals surface area (Å²) >= 11 is 0. The molecule has 1 aliphatic heterocycles. The fourth-order valence-corrected chi connectivity index (χ4v) is 3.00. The van der Waals surface area contributed by atoms with Crippen LogP contribution < -0.4 is 10.1 Å². The van der Waals surface area contributed by atoms with Gasteiger partial charge in [-0.15, -0.1) is 0 Å². The number of hydrogen-bond donors (Lipinski definition) is 1. The van der Waals surface area contributed by atoms with Gasteiger partial charge in [0.1, 0.15) is 5.75 Å². The third-order valence-electron chi connectivity index (χ3n) is 3.99. The topological polar surface area (TPSA) is 21.3 Å². The van der Waals surface area contributed by atoms with E-state index in [1.807, 2.05) is 7.11 Å². The summed E-state index contributed by atoms with van der Waals surface area (Å²) in [7, 11) is 1.81. The molecule has 1 saturated heterocycles. The maximum atomic E-state index is 5.74. The SMILES string of the molecule is CCc1ccc(C(C)C)c(C2CCNC2)c1OC. The quantitative estimate of drug-likeness (QED) is 0.880. The van der Waals surface area contributed by atoms with Gasteiger partial charge in [-0.05, 0) is 36.4 Å². The van der Waals surface area contributed by atoms with E-state index in [1.54, 1.807) is 0 Å². The molecule has 1 unspecified atom stereocenters. The summed E-state index contributed by atoms with van der Waals surface area (Å²) in [5.74, 6) is 2.31. The van der Waals surface area contributed by atoms with Crippen molar-refractivity contribution in [1.82, 2.24) is 5.32 Å². The van der Waals surface area contributed by atoms with Crippen molar-refractivity contribution in [3.05, 3.63) is 28.8 Å². The molecule has 18 heavy (non-hydrogen) atoms. The highest BCUT2D eigenvalue weighted by atomic mass is 16.5. The smallest absolute Gasteiger partial charge is 0.125 e. The van der Waals surface area contributed by atoms with E-state index in [2.05, 4.69) is 38.2 Å². The maximum Gasteiger partial charge on any atom is 0.125 e. The van der Waals surface area contributed by atoms with Crippen LogP contribution in [0.4, 0.5) is 0 Å². The minimum Gasteiger partial charge on any atom is -0.496 e. The van der Waals surface area contributed by atoms with Crippen LogP contribution in [0, 0.1) is 0 Å². The highest BCUT2D eigenvalue weighted by molar-refractivity contribution is 5.50. The number of methoxy groups -OCH3 is 1. The van der Waals surface area contributed by atoms with Crippen LogP contribution in [0.2, 0.25) is 0 Å². The van der Waals surface area contributed by atoms with Gasteiger partial charge in [-0.25, -0.2) is 0 Å². The van der Waals surface area contributed by atoms with Gasteiger partial charge in [-0.2, -0.15) is 0 Å². The van der Waals surface area contributed by atoms with Gasteiger partial charge >= 0.3 is 0 Å². The second kappa shape index (κ2) is 5.75. The third kappa shape index (κ3) is 2.39. The zero-order valence-electron chi connectivity index (χ0n) is 12.0. The van der Waals surface area contributed by atoms with Gasteiger partial charge in [0.2, 0.25) is 0 Å².